The highest BCUT2D eigenvalue weighted by Gasteiger charge is 2.14. The summed E-state index contributed by atoms with van der Waals surface area (Å²) in [5.74, 6) is -0.794. The van der Waals surface area contributed by atoms with E-state index in [0.717, 1.165) is 11.4 Å². The molecule has 0 aliphatic rings. The van der Waals surface area contributed by atoms with Crippen LogP contribution in [0.5, 0.6) is 0 Å². The van der Waals surface area contributed by atoms with Gasteiger partial charge in [0.1, 0.15) is 11.4 Å². The van der Waals surface area contributed by atoms with Gasteiger partial charge in [0.25, 0.3) is 5.91 Å². The van der Waals surface area contributed by atoms with E-state index >= 15 is 0 Å². The number of hydrogen-bond donors (Lipinski definition) is 1. The second-order valence-corrected chi connectivity index (χ2v) is 6.32. The third kappa shape index (κ3) is 3.68. The van der Waals surface area contributed by atoms with E-state index in [0.29, 0.717) is 22.6 Å². The van der Waals surface area contributed by atoms with E-state index in [4.69, 9.17) is 0 Å². The summed E-state index contributed by atoms with van der Waals surface area (Å²) < 4.78 is 6.34. The molecule has 1 amide bonds. The van der Waals surface area contributed by atoms with E-state index in [1.165, 1.54) is 7.11 Å². The van der Waals surface area contributed by atoms with Crippen molar-refractivity contribution in [3.8, 4) is 11.4 Å². The predicted molar refractivity (Wildman–Crippen MR) is 107 cm³/mol. The highest BCUT2D eigenvalue weighted by Crippen LogP contribution is 2.18. The molecule has 0 saturated carbocycles. The molecule has 0 bridgehead atoms. The number of aromatic nitrogens is 4. The number of esters is 1. The molecule has 0 unspecified atom stereocenters. The molecule has 1 N–H and O–H groups in total. The third-order valence-corrected chi connectivity index (χ3v) is 4.33. The Morgan fingerprint density at radius 1 is 1.03 bits per heavy atom. The minimum atomic E-state index is -0.435. The number of rotatable bonds is 4. The normalized spacial score (nSPS) is 10.7. The Bertz CT molecular complexity index is 1200. The molecule has 0 saturated heterocycles. The molecule has 8 heteroatoms. The molecule has 0 aliphatic heterocycles. The van der Waals surface area contributed by atoms with Crippen LogP contribution in [0.2, 0.25) is 0 Å². The van der Waals surface area contributed by atoms with Gasteiger partial charge in [0.2, 0.25) is 0 Å². The van der Waals surface area contributed by atoms with E-state index in [2.05, 4.69) is 25.1 Å². The molecule has 0 spiro atoms. The molecule has 0 fully saturated rings. The second-order valence-electron chi connectivity index (χ2n) is 6.32. The van der Waals surface area contributed by atoms with Crippen molar-refractivity contribution in [3.63, 3.8) is 0 Å². The summed E-state index contributed by atoms with van der Waals surface area (Å²) in [7, 11) is 1.32. The second kappa shape index (κ2) is 7.51. The molecule has 0 radical (unpaired) electrons. The number of benzene rings is 1. The van der Waals surface area contributed by atoms with Crippen molar-refractivity contribution in [1.82, 2.24) is 19.6 Å². The number of carbonyl (C=O) groups is 2. The number of fused-ring (bicyclic) bond motifs is 1. The highest BCUT2D eigenvalue weighted by molar-refractivity contribution is 6.03. The van der Waals surface area contributed by atoms with Gasteiger partial charge in [-0.15, -0.1) is 0 Å². The zero-order valence-corrected chi connectivity index (χ0v) is 15.8. The minimum absolute atomic E-state index is 0.263. The molecular formula is C21H17N5O3. The molecule has 4 rings (SSSR count). The summed E-state index contributed by atoms with van der Waals surface area (Å²) in [6.45, 7) is 1.85. The molecule has 3 heterocycles. The number of ether oxygens (including phenoxy) is 1. The molecule has 4 aromatic rings. The molecule has 0 aliphatic carbocycles. The largest absolute Gasteiger partial charge is 0.465 e. The van der Waals surface area contributed by atoms with Crippen molar-refractivity contribution in [1.29, 1.82) is 0 Å². The van der Waals surface area contributed by atoms with Gasteiger partial charge in [-0.3, -0.25) is 9.78 Å². The van der Waals surface area contributed by atoms with Gasteiger partial charge in [-0.2, -0.15) is 5.10 Å². The lowest BCUT2D eigenvalue weighted by Crippen LogP contribution is -2.15. The average Bonchev–Trinajstić information content (AvgIpc) is 3.19. The first-order chi connectivity index (χ1) is 14.0. The summed E-state index contributed by atoms with van der Waals surface area (Å²) in [6, 6.07) is 15.5. The van der Waals surface area contributed by atoms with Crippen molar-refractivity contribution in [2.75, 3.05) is 12.4 Å². The SMILES string of the molecule is COC(=O)c1ccc(NC(=O)c2cc(C)n3nc(-c4ccccn4)cc3n2)cc1. The average molecular weight is 387 g/mol. The number of nitrogens with zero attached hydrogens (tertiary/aromatic N) is 4. The van der Waals surface area contributed by atoms with Crippen LogP contribution < -0.4 is 5.32 Å². The van der Waals surface area contributed by atoms with E-state index in [1.54, 1.807) is 47.1 Å². The van der Waals surface area contributed by atoms with Gasteiger partial charge in [-0.05, 0) is 49.4 Å². The van der Waals surface area contributed by atoms with Crippen molar-refractivity contribution in [3.05, 3.63) is 77.7 Å². The fourth-order valence-corrected chi connectivity index (χ4v) is 2.88. The van der Waals surface area contributed by atoms with Crippen LogP contribution >= 0.6 is 0 Å². The molecule has 144 valence electrons. The van der Waals surface area contributed by atoms with Gasteiger partial charge in [0.15, 0.2) is 5.65 Å². The van der Waals surface area contributed by atoms with E-state index in [-0.39, 0.29) is 11.6 Å². The molecule has 8 nitrogen and oxygen atoms in total. The first-order valence-corrected chi connectivity index (χ1v) is 8.84. The topological polar surface area (TPSA) is 98.5 Å². The van der Waals surface area contributed by atoms with Crippen LogP contribution in [0.1, 0.15) is 26.5 Å². The number of anilines is 1. The van der Waals surface area contributed by atoms with Gasteiger partial charge in [0, 0.05) is 23.6 Å². The van der Waals surface area contributed by atoms with Crippen LogP contribution in [0, 0.1) is 6.92 Å². The van der Waals surface area contributed by atoms with Crippen LogP contribution in [0.3, 0.4) is 0 Å². The monoisotopic (exact) mass is 387 g/mol. The first kappa shape index (κ1) is 18.3. The van der Waals surface area contributed by atoms with Gasteiger partial charge in [0.05, 0.1) is 18.4 Å². The summed E-state index contributed by atoms with van der Waals surface area (Å²) >= 11 is 0. The van der Waals surface area contributed by atoms with Crippen LogP contribution in [0.4, 0.5) is 5.69 Å². The first-order valence-electron chi connectivity index (χ1n) is 8.84. The van der Waals surface area contributed by atoms with Gasteiger partial charge >= 0.3 is 5.97 Å². The number of hydrogen-bond acceptors (Lipinski definition) is 6. The van der Waals surface area contributed by atoms with Crippen LogP contribution in [0.15, 0.2) is 60.8 Å². The van der Waals surface area contributed by atoms with E-state index in [9.17, 15) is 9.59 Å². The lowest BCUT2D eigenvalue weighted by Gasteiger charge is -2.07. The minimum Gasteiger partial charge on any atom is -0.465 e. The molecule has 0 atom stereocenters. The predicted octanol–water partition coefficient (Wildman–Crippen LogP) is 3.14. The highest BCUT2D eigenvalue weighted by atomic mass is 16.5. The van der Waals surface area contributed by atoms with E-state index < -0.39 is 5.97 Å². The maximum atomic E-state index is 12.7. The molecule has 1 aromatic carbocycles. The summed E-state index contributed by atoms with van der Waals surface area (Å²) in [5.41, 5.74) is 3.94. The van der Waals surface area contributed by atoms with Crippen molar-refractivity contribution >= 4 is 23.2 Å². The van der Waals surface area contributed by atoms with Crippen molar-refractivity contribution in [2.24, 2.45) is 0 Å². The molecule has 29 heavy (non-hydrogen) atoms. The summed E-state index contributed by atoms with van der Waals surface area (Å²) in [5, 5.41) is 7.29. The van der Waals surface area contributed by atoms with Crippen LogP contribution in [-0.2, 0) is 4.74 Å². The fourth-order valence-electron chi connectivity index (χ4n) is 2.88. The Hall–Kier alpha value is -4.07. The Labute approximate surface area is 166 Å². The lowest BCUT2D eigenvalue weighted by atomic mass is 10.2. The van der Waals surface area contributed by atoms with Gasteiger partial charge in [-0.25, -0.2) is 14.3 Å². The van der Waals surface area contributed by atoms with Crippen molar-refractivity contribution in [2.45, 2.75) is 6.92 Å². The van der Waals surface area contributed by atoms with E-state index in [1.807, 2.05) is 25.1 Å². The Kier molecular flexibility index (Phi) is 4.74. The summed E-state index contributed by atoms with van der Waals surface area (Å²) in [4.78, 5) is 32.9. The number of carbonyl (C=O) groups excluding carboxylic acids is 2. The lowest BCUT2D eigenvalue weighted by molar-refractivity contribution is 0.0600. The smallest absolute Gasteiger partial charge is 0.337 e. The maximum Gasteiger partial charge on any atom is 0.337 e. The fraction of sp³-hybridized carbons (Fsp3) is 0.0952. The van der Waals surface area contributed by atoms with Crippen LogP contribution in [-0.4, -0.2) is 38.6 Å². The Morgan fingerprint density at radius 2 is 1.83 bits per heavy atom. The summed E-state index contributed by atoms with van der Waals surface area (Å²) in [6.07, 6.45) is 1.70. The number of amides is 1. The number of methoxy groups -OCH3 is 1. The standard InChI is InChI=1S/C21H17N5O3/c1-13-11-18(20(27)23-15-8-6-14(7-9-15)21(28)29-2)24-19-12-17(25-26(13)19)16-5-3-4-10-22-16/h3-12H,1-2H3,(H,23,27). The Morgan fingerprint density at radius 3 is 2.52 bits per heavy atom. The number of nitrogens with one attached hydrogen (secondary N) is 1. The zero-order chi connectivity index (χ0) is 20.4. The van der Waals surface area contributed by atoms with Gasteiger partial charge < -0.3 is 10.1 Å². The zero-order valence-electron chi connectivity index (χ0n) is 15.8. The quantitative estimate of drug-likeness (QED) is 0.540. The van der Waals surface area contributed by atoms with Crippen LogP contribution in [0.25, 0.3) is 17.0 Å². The number of pyridine rings is 1. The third-order valence-electron chi connectivity index (χ3n) is 4.33. The molecule has 3 aromatic heterocycles. The van der Waals surface area contributed by atoms with Crippen molar-refractivity contribution < 1.29 is 14.3 Å². The molecular weight excluding hydrogens is 370 g/mol. The Balaban J connectivity index is 1.60. The van der Waals surface area contributed by atoms with Gasteiger partial charge in [-0.1, -0.05) is 6.07 Å². The number of aryl methyl sites for hydroxylation is 1. The maximum absolute atomic E-state index is 12.7.